The van der Waals surface area contributed by atoms with E-state index >= 15 is 0 Å². The van der Waals surface area contributed by atoms with E-state index in [1.807, 2.05) is 24.3 Å². The van der Waals surface area contributed by atoms with Crippen LogP contribution in [0.3, 0.4) is 0 Å². The summed E-state index contributed by atoms with van der Waals surface area (Å²) in [6.45, 7) is 2.01. The molecule has 1 amide bonds. The van der Waals surface area contributed by atoms with Gasteiger partial charge in [0.2, 0.25) is 0 Å². The molecule has 0 aromatic heterocycles. The van der Waals surface area contributed by atoms with E-state index in [1.165, 1.54) is 18.2 Å². The van der Waals surface area contributed by atoms with Crippen LogP contribution in [0.5, 0.6) is 0 Å². The van der Waals surface area contributed by atoms with Gasteiger partial charge in [-0.1, -0.05) is 54.6 Å². The summed E-state index contributed by atoms with van der Waals surface area (Å²) < 4.78 is 18.7. The number of hydrogen-bond acceptors (Lipinski definition) is 4. The normalized spacial score (nSPS) is 14.4. The molecule has 5 nitrogen and oxygen atoms in total. The van der Waals surface area contributed by atoms with E-state index in [2.05, 4.69) is 29.6 Å². The quantitative estimate of drug-likeness (QED) is 0.512. The first kappa shape index (κ1) is 22.0. The number of fused-ring (bicyclic) bond motifs is 3. The first-order valence-electron chi connectivity index (χ1n) is 10.7. The van der Waals surface area contributed by atoms with Crippen molar-refractivity contribution < 1.29 is 24.1 Å². The highest BCUT2D eigenvalue weighted by atomic mass is 19.1. The lowest BCUT2D eigenvalue weighted by atomic mass is 9.98. The van der Waals surface area contributed by atoms with E-state index in [0.717, 1.165) is 22.3 Å². The Bertz CT molecular complexity index is 1070. The summed E-state index contributed by atoms with van der Waals surface area (Å²) in [7, 11) is 0. The molecule has 2 atom stereocenters. The average molecular weight is 435 g/mol. The molecule has 0 fully saturated rings. The van der Waals surface area contributed by atoms with Gasteiger partial charge in [-0.05, 0) is 58.9 Å². The molecule has 3 aromatic rings. The first-order valence-corrected chi connectivity index (χ1v) is 10.7. The Labute approximate surface area is 186 Å². The minimum absolute atomic E-state index is 0.0259. The number of rotatable bonds is 7. The minimum Gasteiger partial charge on any atom is -0.449 e. The highest BCUT2D eigenvalue weighted by Gasteiger charge is 2.29. The number of aryl methyl sites for hydroxylation is 1. The molecule has 3 aromatic carbocycles. The zero-order chi connectivity index (χ0) is 22.7. The van der Waals surface area contributed by atoms with E-state index in [4.69, 9.17) is 4.74 Å². The zero-order valence-corrected chi connectivity index (χ0v) is 17.8. The molecule has 0 bridgehead atoms. The number of carbonyl (C=O) groups excluding carboxylic acids is 1. The standard InChI is InChI=1S/C26H26FNO4/c1-16-14-17(27)10-11-18(16)25(30)24(29)12-13-28-26(31)32-15-23-21-8-4-2-6-19(21)20-7-3-5-9-22(20)23/h2-11,14,23-25,29-30H,12-13,15H2,1H3,(H,28,31). The Kier molecular flexibility index (Phi) is 6.53. The fraction of sp³-hybridized carbons (Fsp3) is 0.269. The molecule has 0 spiro atoms. The van der Waals surface area contributed by atoms with Crippen LogP contribution < -0.4 is 5.32 Å². The topological polar surface area (TPSA) is 78.8 Å². The molecule has 1 aliphatic rings. The number of amides is 1. The third-order valence-corrected chi connectivity index (χ3v) is 5.97. The van der Waals surface area contributed by atoms with Crippen molar-refractivity contribution in [1.82, 2.24) is 5.32 Å². The molecule has 1 aliphatic carbocycles. The van der Waals surface area contributed by atoms with Gasteiger partial charge in [-0.2, -0.15) is 0 Å². The molecule has 4 rings (SSSR count). The van der Waals surface area contributed by atoms with Crippen LogP contribution in [0.1, 0.15) is 40.7 Å². The Balaban J connectivity index is 1.29. The molecular weight excluding hydrogens is 409 g/mol. The summed E-state index contributed by atoms with van der Waals surface area (Å²) >= 11 is 0. The van der Waals surface area contributed by atoms with Gasteiger partial charge in [0.1, 0.15) is 18.5 Å². The Morgan fingerprint density at radius 3 is 2.28 bits per heavy atom. The highest BCUT2D eigenvalue weighted by molar-refractivity contribution is 5.79. The van der Waals surface area contributed by atoms with E-state index in [-0.39, 0.29) is 25.5 Å². The number of halogens is 1. The lowest BCUT2D eigenvalue weighted by Gasteiger charge is -2.20. The number of aliphatic hydroxyl groups excluding tert-OH is 2. The number of alkyl carbamates (subject to hydrolysis) is 1. The number of ether oxygens (including phenoxy) is 1. The second-order valence-corrected chi connectivity index (χ2v) is 8.05. The molecule has 2 unspecified atom stereocenters. The summed E-state index contributed by atoms with van der Waals surface area (Å²) in [5.74, 6) is -0.424. The van der Waals surface area contributed by atoms with Gasteiger partial charge < -0.3 is 20.3 Å². The van der Waals surface area contributed by atoms with Gasteiger partial charge in [-0.15, -0.1) is 0 Å². The maximum Gasteiger partial charge on any atom is 0.407 e. The second-order valence-electron chi connectivity index (χ2n) is 8.05. The molecule has 0 saturated heterocycles. The summed E-state index contributed by atoms with van der Waals surface area (Å²) in [5.41, 5.74) is 5.60. The van der Waals surface area contributed by atoms with E-state index < -0.39 is 24.1 Å². The van der Waals surface area contributed by atoms with E-state index in [9.17, 15) is 19.4 Å². The average Bonchev–Trinajstić information content (AvgIpc) is 3.11. The minimum atomic E-state index is -1.17. The first-order chi connectivity index (χ1) is 15.5. The largest absolute Gasteiger partial charge is 0.449 e. The van der Waals surface area contributed by atoms with E-state index in [1.54, 1.807) is 6.92 Å². The monoisotopic (exact) mass is 435 g/mol. The van der Waals surface area contributed by atoms with Crippen molar-refractivity contribution in [3.05, 3.63) is 94.8 Å². The van der Waals surface area contributed by atoms with Crippen LogP contribution in [0.25, 0.3) is 11.1 Å². The Morgan fingerprint density at radius 1 is 1.03 bits per heavy atom. The summed E-state index contributed by atoms with van der Waals surface area (Å²) in [6, 6.07) is 20.2. The van der Waals surface area contributed by atoms with Gasteiger partial charge in [-0.3, -0.25) is 0 Å². The Hall–Kier alpha value is -3.22. The van der Waals surface area contributed by atoms with Crippen molar-refractivity contribution in [1.29, 1.82) is 0 Å². The van der Waals surface area contributed by atoms with Crippen molar-refractivity contribution in [3.63, 3.8) is 0 Å². The summed E-state index contributed by atoms with van der Waals surface area (Å²) in [5, 5.41) is 23.2. The number of carbonyl (C=O) groups is 1. The van der Waals surface area contributed by atoms with Gasteiger partial charge >= 0.3 is 6.09 Å². The van der Waals surface area contributed by atoms with Gasteiger partial charge in [0.15, 0.2) is 0 Å². The van der Waals surface area contributed by atoms with Crippen molar-refractivity contribution in [3.8, 4) is 11.1 Å². The Morgan fingerprint density at radius 2 is 1.66 bits per heavy atom. The smallest absolute Gasteiger partial charge is 0.407 e. The molecule has 0 saturated carbocycles. The van der Waals surface area contributed by atoms with Crippen LogP contribution >= 0.6 is 0 Å². The molecule has 166 valence electrons. The lowest BCUT2D eigenvalue weighted by Crippen LogP contribution is -2.30. The van der Waals surface area contributed by atoms with Crippen LogP contribution in [0, 0.1) is 12.7 Å². The van der Waals surface area contributed by atoms with Gasteiger partial charge in [0, 0.05) is 12.5 Å². The lowest BCUT2D eigenvalue weighted by molar-refractivity contribution is 0.0132. The predicted octanol–water partition coefficient (Wildman–Crippen LogP) is 4.46. The third kappa shape index (κ3) is 4.52. The molecule has 6 heteroatoms. The molecule has 3 N–H and O–H groups in total. The predicted molar refractivity (Wildman–Crippen MR) is 120 cm³/mol. The molecular formula is C26H26FNO4. The summed E-state index contributed by atoms with van der Waals surface area (Å²) in [6.07, 6.45) is -2.72. The van der Waals surface area contributed by atoms with E-state index in [0.29, 0.717) is 11.1 Å². The molecule has 0 radical (unpaired) electrons. The number of hydrogen-bond donors (Lipinski definition) is 3. The SMILES string of the molecule is Cc1cc(F)ccc1C(O)C(O)CCNC(=O)OCC1c2ccccc2-c2ccccc21. The number of benzene rings is 3. The highest BCUT2D eigenvalue weighted by Crippen LogP contribution is 2.44. The van der Waals surface area contributed by atoms with Gasteiger partial charge in [0.25, 0.3) is 0 Å². The molecule has 0 heterocycles. The van der Waals surface area contributed by atoms with Gasteiger partial charge in [-0.25, -0.2) is 9.18 Å². The van der Waals surface area contributed by atoms with Crippen molar-refractivity contribution in [2.24, 2.45) is 0 Å². The molecule has 32 heavy (non-hydrogen) atoms. The van der Waals surface area contributed by atoms with Crippen LogP contribution in [0.4, 0.5) is 9.18 Å². The third-order valence-electron chi connectivity index (χ3n) is 5.97. The fourth-order valence-corrected chi connectivity index (χ4v) is 4.31. The van der Waals surface area contributed by atoms with Crippen LogP contribution in [-0.4, -0.2) is 35.6 Å². The van der Waals surface area contributed by atoms with Crippen molar-refractivity contribution in [2.75, 3.05) is 13.2 Å². The maximum absolute atomic E-state index is 13.2. The van der Waals surface area contributed by atoms with Crippen molar-refractivity contribution in [2.45, 2.75) is 31.5 Å². The second kappa shape index (κ2) is 9.51. The van der Waals surface area contributed by atoms with Gasteiger partial charge in [0.05, 0.1) is 6.10 Å². The summed E-state index contributed by atoms with van der Waals surface area (Å²) in [4.78, 5) is 12.2. The van der Waals surface area contributed by atoms with Crippen molar-refractivity contribution >= 4 is 6.09 Å². The molecule has 0 aliphatic heterocycles. The maximum atomic E-state index is 13.2. The van der Waals surface area contributed by atoms with Crippen LogP contribution in [0.15, 0.2) is 66.7 Å². The fourth-order valence-electron chi connectivity index (χ4n) is 4.31. The van der Waals surface area contributed by atoms with Crippen LogP contribution in [-0.2, 0) is 4.74 Å². The zero-order valence-electron chi connectivity index (χ0n) is 17.8. The number of nitrogens with one attached hydrogen (secondary N) is 1. The number of aliphatic hydroxyl groups is 2. The van der Waals surface area contributed by atoms with Crippen LogP contribution in [0.2, 0.25) is 0 Å².